The van der Waals surface area contributed by atoms with Gasteiger partial charge in [0.2, 0.25) is 5.91 Å². The van der Waals surface area contributed by atoms with Gasteiger partial charge in [-0.3, -0.25) is 9.59 Å². The van der Waals surface area contributed by atoms with Crippen molar-refractivity contribution in [2.24, 2.45) is 0 Å². The van der Waals surface area contributed by atoms with Crippen LogP contribution in [0.3, 0.4) is 0 Å². The molecule has 1 unspecified atom stereocenters. The van der Waals surface area contributed by atoms with Gasteiger partial charge in [0.15, 0.2) is 18.1 Å². The zero-order valence-corrected chi connectivity index (χ0v) is 16.2. The van der Waals surface area contributed by atoms with Crippen LogP contribution in [-0.2, 0) is 14.3 Å². The van der Waals surface area contributed by atoms with Crippen LogP contribution < -0.4 is 20.1 Å². The van der Waals surface area contributed by atoms with Crippen molar-refractivity contribution in [3.05, 3.63) is 53.6 Å². The lowest BCUT2D eigenvalue weighted by Gasteiger charge is -2.26. The fraction of sp³-hybridized carbons (Fsp3) is 0.286. The summed E-state index contributed by atoms with van der Waals surface area (Å²) < 4.78 is 16.4. The molecule has 1 aliphatic rings. The van der Waals surface area contributed by atoms with Crippen LogP contribution in [0, 0.1) is 6.92 Å². The number of hydrogen-bond acceptors (Lipinski definition) is 6. The van der Waals surface area contributed by atoms with E-state index in [4.69, 9.17) is 14.2 Å². The van der Waals surface area contributed by atoms with Gasteiger partial charge in [0.05, 0.1) is 17.8 Å². The Balaban J connectivity index is 1.49. The molecule has 1 atom stereocenters. The fourth-order valence-electron chi connectivity index (χ4n) is 2.83. The molecule has 0 bridgehead atoms. The molecule has 2 N–H and O–H groups in total. The second kappa shape index (κ2) is 9.09. The maximum absolute atomic E-state index is 12.3. The summed E-state index contributed by atoms with van der Waals surface area (Å²) in [5.41, 5.74) is 1.28. The summed E-state index contributed by atoms with van der Waals surface area (Å²) in [6, 6.07) is 12.3. The molecule has 0 aliphatic carbocycles. The van der Waals surface area contributed by atoms with E-state index in [2.05, 4.69) is 10.6 Å². The SMILES string of the molecule is CC(=O)Nc1c(C)cccc1C(=O)OCC(=O)NCC1COc2ccccc2O1. The van der Waals surface area contributed by atoms with Gasteiger partial charge in [-0.2, -0.15) is 0 Å². The summed E-state index contributed by atoms with van der Waals surface area (Å²) in [5.74, 6) is -0.179. The van der Waals surface area contributed by atoms with E-state index >= 15 is 0 Å². The van der Waals surface area contributed by atoms with E-state index in [1.54, 1.807) is 25.1 Å². The lowest BCUT2D eigenvalue weighted by Crippen LogP contribution is -2.42. The zero-order valence-electron chi connectivity index (χ0n) is 16.2. The lowest BCUT2D eigenvalue weighted by atomic mass is 10.1. The van der Waals surface area contributed by atoms with Gasteiger partial charge in [-0.1, -0.05) is 24.3 Å². The van der Waals surface area contributed by atoms with Crippen molar-refractivity contribution in [3.63, 3.8) is 0 Å². The minimum atomic E-state index is -0.696. The van der Waals surface area contributed by atoms with E-state index in [9.17, 15) is 14.4 Å². The Morgan fingerprint density at radius 2 is 1.86 bits per heavy atom. The number of rotatable bonds is 6. The normalized spacial score (nSPS) is 14.6. The van der Waals surface area contributed by atoms with Crippen LogP contribution in [0.2, 0.25) is 0 Å². The summed E-state index contributed by atoms with van der Waals surface area (Å²) in [5, 5.41) is 5.27. The van der Waals surface area contributed by atoms with Crippen molar-refractivity contribution >= 4 is 23.5 Å². The molecule has 0 saturated heterocycles. The maximum Gasteiger partial charge on any atom is 0.340 e. The predicted molar refractivity (Wildman–Crippen MR) is 105 cm³/mol. The lowest BCUT2D eigenvalue weighted by molar-refractivity contribution is -0.124. The molecule has 3 rings (SSSR count). The second-order valence-electron chi connectivity index (χ2n) is 6.56. The number of esters is 1. The molecule has 2 aromatic rings. The first-order valence-corrected chi connectivity index (χ1v) is 9.13. The number of hydrogen-bond donors (Lipinski definition) is 2. The number of para-hydroxylation sites is 3. The van der Waals surface area contributed by atoms with Crippen molar-refractivity contribution < 1.29 is 28.6 Å². The van der Waals surface area contributed by atoms with Crippen LogP contribution in [0.4, 0.5) is 5.69 Å². The highest BCUT2D eigenvalue weighted by Crippen LogP contribution is 2.30. The average Bonchev–Trinajstić information content (AvgIpc) is 2.71. The van der Waals surface area contributed by atoms with Crippen molar-refractivity contribution in [2.45, 2.75) is 20.0 Å². The summed E-state index contributed by atoms with van der Waals surface area (Å²) in [4.78, 5) is 35.8. The van der Waals surface area contributed by atoms with Gasteiger partial charge >= 0.3 is 5.97 Å². The molecule has 0 spiro atoms. The Bertz CT molecular complexity index is 927. The molecule has 0 radical (unpaired) electrons. The predicted octanol–water partition coefficient (Wildman–Crippen LogP) is 2.07. The van der Waals surface area contributed by atoms with Crippen LogP contribution in [0.5, 0.6) is 11.5 Å². The summed E-state index contributed by atoms with van der Waals surface area (Å²) in [6.07, 6.45) is -0.340. The Labute approximate surface area is 168 Å². The van der Waals surface area contributed by atoms with Crippen molar-refractivity contribution in [3.8, 4) is 11.5 Å². The van der Waals surface area contributed by atoms with Crippen LogP contribution in [0.15, 0.2) is 42.5 Å². The highest BCUT2D eigenvalue weighted by molar-refractivity contribution is 6.02. The number of anilines is 1. The number of fused-ring (bicyclic) bond motifs is 1. The van der Waals surface area contributed by atoms with Gasteiger partial charge < -0.3 is 24.8 Å². The first-order valence-electron chi connectivity index (χ1n) is 9.13. The second-order valence-corrected chi connectivity index (χ2v) is 6.56. The highest BCUT2D eigenvalue weighted by Gasteiger charge is 2.22. The average molecular weight is 398 g/mol. The number of amides is 2. The van der Waals surface area contributed by atoms with Crippen LogP contribution in [0.25, 0.3) is 0 Å². The smallest absolute Gasteiger partial charge is 0.340 e. The van der Waals surface area contributed by atoms with Crippen LogP contribution >= 0.6 is 0 Å². The topological polar surface area (TPSA) is 103 Å². The molecular weight excluding hydrogens is 376 g/mol. The Hall–Kier alpha value is -3.55. The number of benzene rings is 2. The number of nitrogens with one attached hydrogen (secondary N) is 2. The zero-order chi connectivity index (χ0) is 20.8. The van der Waals surface area contributed by atoms with E-state index in [-0.39, 0.29) is 24.1 Å². The third kappa shape index (κ3) is 5.25. The van der Waals surface area contributed by atoms with E-state index < -0.39 is 18.5 Å². The third-order valence-electron chi connectivity index (χ3n) is 4.22. The van der Waals surface area contributed by atoms with E-state index in [0.717, 1.165) is 0 Å². The highest BCUT2D eigenvalue weighted by atomic mass is 16.6. The molecule has 0 fully saturated rings. The molecule has 29 heavy (non-hydrogen) atoms. The molecule has 152 valence electrons. The number of carbonyl (C=O) groups is 3. The van der Waals surface area contributed by atoms with Gasteiger partial charge in [0.25, 0.3) is 5.91 Å². The minimum Gasteiger partial charge on any atom is -0.486 e. The first-order chi connectivity index (χ1) is 13.9. The molecule has 2 aromatic carbocycles. The molecule has 1 heterocycles. The van der Waals surface area contributed by atoms with Crippen LogP contribution in [0.1, 0.15) is 22.8 Å². The number of aryl methyl sites for hydroxylation is 1. The number of carbonyl (C=O) groups excluding carboxylic acids is 3. The standard InChI is InChI=1S/C21H22N2O6/c1-13-6-5-7-16(20(13)23-14(2)24)21(26)28-12-19(25)22-10-15-11-27-17-8-3-4-9-18(17)29-15/h3-9,15H,10-12H2,1-2H3,(H,22,25)(H,23,24). The quantitative estimate of drug-likeness (QED) is 0.722. The molecule has 8 nitrogen and oxygen atoms in total. The maximum atomic E-state index is 12.3. The van der Waals surface area contributed by atoms with Crippen molar-refractivity contribution in [1.29, 1.82) is 0 Å². The molecule has 8 heteroatoms. The minimum absolute atomic E-state index is 0.189. The molecule has 1 aliphatic heterocycles. The largest absolute Gasteiger partial charge is 0.486 e. The molecule has 0 aromatic heterocycles. The van der Waals surface area contributed by atoms with Gasteiger partial charge in [-0.25, -0.2) is 4.79 Å². The van der Waals surface area contributed by atoms with E-state index in [1.807, 2.05) is 18.2 Å². The Morgan fingerprint density at radius 3 is 2.62 bits per heavy atom. The summed E-state index contributed by atoms with van der Waals surface area (Å²) >= 11 is 0. The monoisotopic (exact) mass is 398 g/mol. The Kier molecular flexibility index (Phi) is 6.33. The van der Waals surface area contributed by atoms with Crippen molar-refractivity contribution in [1.82, 2.24) is 5.32 Å². The van der Waals surface area contributed by atoms with Gasteiger partial charge in [0, 0.05) is 6.92 Å². The number of ether oxygens (including phenoxy) is 3. The molecular formula is C21H22N2O6. The molecule has 2 amide bonds. The Morgan fingerprint density at radius 1 is 1.10 bits per heavy atom. The van der Waals surface area contributed by atoms with Gasteiger partial charge in [-0.05, 0) is 30.7 Å². The summed E-state index contributed by atoms with van der Waals surface area (Å²) in [6.45, 7) is 3.19. The third-order valence-corrected chi connectivity index (χ3v) is 4.22. The first kappa shape index (κ1) is 20.2. The van der Waals surface area contributed by atoms with E-state index in [1.165, 1.54) is 13.0 Å². The fourth-order valence-corrected chi connectivity index (χ4v) is 2.83. The van der Waals surface area contributed by atoms with Crippen LogP contribution in [-0.4, -0.2) is 43.6 Å². The van der Waals surface area contributed by atoms with Gasteiger partial charge in [0.1, 0.15) is 12.7 Å². The summed E-state index contributed by atoms with van der Waals surface area (Å²) in [7, 11) is 0. The van der Waals surface area contributed by atoms with E-state index in [0.29, 0.717) is 29.4 Å². The van der Waals surface area contributed by atoms with Crippen molar-refractivity contribution in [2.75, 3.05) is 25.1 Å². The van der Waals surface area contributed by atoms with Gasteiger partial charge in [-0.15, -0.1) is 0 Å². The molecule has 0 saturated carbocycles.